The summed E-state index contributed by atoms with van der Waals surface area (Å²) in [4.78, 5) is 9.56. The van der Waals surface area contributed by atoms with Gasteiger partial charge in [0.05, 0.1) is 5.52 Å². The third-order valence-corrected chi connectivity index (χ3v) is 4.40. The van der Waals surface area contributed by atoms with E-state index in [2.05, 4.69) is 55.9 Å². The van der Waals surface area contributed by atoms with Crippen LogP contribution in [0.25, 0.3) is 10.9 Å². The number of hydrogen-bond acceptors (Lipinski definition) is 3. The van der Waals surface area contributed by atoms with E-state index in [1.165, 1.54) is 5.39 Å². The lowest BCUT2D eigenvalue weighted by Gasteiger charge is -2.35. The Labute approximate surface area is 134 Å². The third kappa shape index (κ3) is 3.37. The fourth-order valence-electron chi connectivity index (χ4n) is 2.69. The van der Waals surface area contributed by atoms with E-state index in [1.54, 1.807) is 0 Å². The van der Waals surface area contributed by atoms with E-state index in [-0.39, 0.29) is 0 Å². The summed E-state index contributed by atoms with van der Waals surface area (Å²) in [5.74, 6) is 3.78. The summed E-state index contributed by atoms with van der Waals surface area (Å²) in [7, 11) is 0. The molecule has 0 spiro atoms. The van der Waals surface area contributed by atoms with Gasteiger partial charge in [-0.05, 0) is 30.3 Å². The highest BCUT2D eigenvalue weighted by atomic mass is 79.9. The molecule has 1 aromatic heterocycles. The van der Waals surface area contributed by atoms with Crippen molar-refractivity contribution in [3.63, 3.8) is 0 Å². The summed E-state index contributed by atoms with van der Waals surface area (Å²) in [5.41, 5.74) is 1.05. The number of terminal acetylenes is 1. The van der Waals surface area contributed by atoms with Gasteiger partial charge in [0, 0.05) is 49.0 Å². The van der Waals surface area contributed by atoms with Gasteiger partial charge in [0.2, 0.25) is 0 Å². The minimum atomic E-state index is 0.836. The van der Waals surface area contributed by atoms with Crippen LogP contribution in [0, 0.1) is 12.3 Å². The van der Waals surface area contributed by atoms with E-state index in [9.17, 15) is 0 Å². The molecule has 0 saturated carbocycles. The average molecular weight is 344 g/mol. The molecule has 4 heteroatoms. The maximum absolute atomic E-state index is 5.33. The van der Waals surface area contributed by atoms with Crippen LogP contribution in [0.2, 0.25) is 0 Å². The summed E-state index contributed by atoms with van der Waals surface area (Å²) < 4.78 is 1.09. The molecule has 0 radical (unpaired) electrons. The van der Waals surface area contributed by atoms with E-state index in [0.717, 1.165) is 55.0 Å². The van der Waals surface area contributed by atoms with E-state index < -0.39 is 0 Å². The molecule has 1 aliphatic heterocycles. The Bertz CT molecular complexity index is 669. The largest absolute Gasteiger partial charge is 0.354 e. The highest BCUT2D eigenvalue weighted by Gasteiger charge is 2.17. The topological polar surface area (TPSA) is 19.4 Å². The van der Waals surface area contributed by atoms with Crippen molar-refractivity contribution in [3.05, 3.63) is 34.8 Å². The minimum absolute atomic E-state index is 0.836. The maximum Gasteiger partial charge on any atom is 0.129 e. The van der Waals surface area contributed by atoms with Crippen LogP contribution in [-0.2, 0) is 0 Å². The van der Waals surface area contributed by atoms with Gasteiger partial charge in [-0.15, -0.1) is 12.3 Å². The Kier molecular flexibility index (Phi) is 4.42. The molecule has 0 amide bonds. The van der Waals surface area contributed by atoms with E-state index in [1.807, 2.05) is 6.07 Å². The molecule has 0 aliphatic carbocycles. The van der Waals surface area contributed by atoms with Crippen LogP contribution in [0.1, 0.15) is 6.42 Å². The molecule has 0 unspecified atom stereocenters. The first-order chi connectivity index (χ1) is 10.3. The summed E-state index contributed by atoms with van der Waals surface area (Å²) in [6, 6.07) is 10.5. The molecule has 2 aromatic rings. The fraction of sp³-hybridized carbons (Fsp3) is 0.353. The van der Waals surface area contributed by atoms with Crippen molar-refractivity contribution in [3.8, 4) is 12.3 Å². The maximum atomic E-state index is 5.33. The number of anilines is 1. The lowest BCUT2D eigenvalue weighted by atomic mass is 10.2. The number of rotatable bonds is 3. The van der Waals surface area contributed by atoms with Gasteiger partial charge in [-0.25, -0.2) is 4.98 Å². The third-order valence-electron chi connectivity index (χ3n) is 3.91. The van der Waals surface area contributed by atoms with Gasteiger partial charge in [-0.3, -0.25) is 4.90 Å². The van der Waals surface area contributed by atoms with Crippen LogP contribution in [0.5, 0.6) is 0 Å². The molecule has 0 N–H and O–H groups in total. The molecule has 3 nitrogen and oxygen atoms in total. The quantitative estimate of drug-likeness (QED) is 0.798. The van der Waals surface area contributed by atoms with Crippen molar-refractivity contribution in [2.24, 2.45) is 0 Å². The van der Waals surface area contributed by atoms with Gasteiger partial charge in [0.25, 0.3) is 0 Å². The van der Waals surface area contributed by atoms with E-state index >= 15 is 0 Å². The van der Waals surface area contributed by atoms with Gasteiger partial charge < -0.3 is 4.90 Å². The number of aromatic nitrogens is 1. The second-order valence-corrected chi connectivity index (χ2v) is 6.20. The number of halogens is 1. The first-order valence-corrected chi connectivity index (χ1v) is 8.02. The number of hydrogen-bond donors (Lipinski definition) is 0. The Hall–Kier alpha value is -1.57. The molecular formula is C17H18BrN3. The van der Waals surface area contributed by atoms with Gasteiger partial charge in [0.1, 0.15) is 5.82 Å². The van der Waals surface area contributed by atoms with E-state index in [4.69, 9.17) is 11.4 Å². The smallest absolute Gasteiger partial charge is 0.129 e. The number of fused-ring (bicyclic) bond motifs is 1. The number of piperazine rings is 1. The first kappa shape index (κ1) is 14.4. The molecular weight excluding hydrogens is 326 g/mol. The van der Waals surface area contributed by atoms with Crippen LogP contribution in [0.3, 0.4) is 0 Å². The second-order valence-electron chi connectivity index (χ2n) is 5.29. The van der Waals surface area contributed by atoms with Crippen LogP contribution >= 0.6 is 15.9 Å². The van der Waals surface area contributed by atoms with Gasteiger partial charge in [-0.1, -0.05) is 15.9 Å². The molecule has 0 atom stereocenters. The SMILES string of the molecule is C#CCCN1CCN(c2ccc3cc(Br)ccc3n2)CC1. The lowest BCUT2D eigenvalue weighted by Crippen LogP contribution is -2.46. The van der Waals surface area contributed by atoms with Crippen LogP contribution < -0.4 is 4.90 Å². The molecule has 1 fully saturated rings. The zero-order chi connectivity index (χ0) is 14.7. The summed E-state index contributed by atoms with van der Waals surface area (Å²) in [5, 5.41) is 1.17. The fourth-order valence-corrected chi connectivity index (χ4v) is 3.06. The zero-order valence-corrected chi connectivity index (χ0v) is 13.5. The Balaban J connectivity index is 1.71. The normalized spacial score (nSPS) is 16.1. The van der Waals surface area contributed by atoms with Crippen molar-refractivity contribution in [2.75, 3.05) is 37.6 Å². The molecule has 0 bridgehead atoms. The average Bonchev–Trinajstić information content (AvgIpc) is 2.53. The van der Waals surface area contributed by atoms with Crippen LogP contribution in [0.4, 0.5) is 5.82 Å². The summed E-state index contributed by atoms with van der Waals surface area (Å²) >= 11 is 3.50. The predicted molar refractivity (Wildman–Crippen MR) is 91.5 cm³/mol. The van der Waals surface area contributed by atoms with Gasteiger partial charge >= 0.3 is 0 Å². The standard InChI is InChI=1S/C17H18BrN3/c1-2-3-8-20-9-11-21(12-10-20)17-7-4-14-13-15(18)5-6-16(14)19-17/h1,4-7,13H,3,8-12H2. The van der Waals surface area contributed by atoms with Gasteiger partial charge in [-0.2, -0.15) is 0 Å². The highest BCUT2D eigenvalue weighted by molar-refractivity contribution is 9.10. The van der Waals surface area contributed by atoms with Crippen molar-refractivity contribution < 1.29 is 0 Å². The van der Waals surface area contributed by atoms with Crippen molar-refractivity contribution in [1.82, 2.24) is 9.88 Å². The number of benzene rings is 1. The van der Waals surface area contributed by atoms with Crippen molar-refractivity contribution >= 4 is 32.7 Å². The highest BCUT2D eigenvalue weighted by Crippen LogP contribution is 2.22. The molecule has 1 aliphatic rings. The Morgan fingerprint density at radius 3 is 2.71 bits per heavy atom. The monoisotopic (exact) mass is 343 g/mol. The Morgan fingerprint density at radius 1 is 1.14 bits per heavy atom. The van der Waals surface area contributed by atoms with Crippen molar-refractivity contribution in [2.45, 2.75) is 6.42 Å². The minimum Gasteiger partial charge on any atom is -0.354 e. The Morgan fingerprint density at radius 2 is 1.95 bits per heavy atom. The van der Waals surface area contributed by atoms with Crippen LogP contribution in [0.15, 0.2) is 34.8 Å². The predicted octanol–water partition coefficient (Wildman–Crippen LogP) is 3.14. The van der Waals surface area contributed by atoms with E-state index in [0.29, 0.717) is 0 Å². The number of pyridine rings is 1. The second kappa shape index (κ2) is 6.46. The van der Waals surface area contributed by atoms with Crippen molar-refractivity contribution in [1.29, 1.82) is 0 Å². The molecule has 21 heavy (non-hydrogen) atoms. The molecule has 3 rings (SSSR count). The van der Waals surface area contributed by atoms with Crippen LogP contribution in [-0.4, -0.2) is 42.6 Å². The van der Waals surface area contributed by atoms with Gasteiger partial charge in [0.15, 0.2) is 0 Å². The molecule has 2 heterocycles. The zero-order valence-electron chi connectivity index (χ0n) is 11.9. The molecule has 1 saturated heterocycles. The summed E-state index contributed by atoms with van der Waals surface area (Å²) in [6.07, 6.45) is 6.16. The lowest BCUT2D eigenvalue weighted by molar-refractivity contribution is 0.263. The first-order valence-electron chi connectivity index (χ1n) is 7.23. The molecule has 108 valence electrons. The number of nitrogens with zero attached hydrogens (tertiary/aromatic N) is 3. The summed E-state index contributed by atoms with van der Waals surface area (Å²) in [6.45, 7) is 5.15. The molecule has 1 aromatic carbocycles.